The average Bonchev–Trinajstić information content (AvgIpc) is 2.37. The van der Waals surface area contributed by atoms with Crippen molar-refractivity contribution in [3.63, 3.8) is 0 Å². The van der Waals surface area contributed by atoms with Gasteiger partial charge in [-0.05, 0) is 36.6 Å². The normalized spacial score (nSPS) is 11.9. The maximum atomic E-state index is 13.5. The minimum Gasteiger partial charge on any atom is -0.330 e. The number of nitro benzene ring substituents is 1. The van der Waals surface area contributed by atoms with Gasteiger partial charge in [-0.1, -0.05) is 20.8 Å². The zero-order valence-electron chi connectivity index (χ0n) is 12.9. The van der Waals surface area contributed by atoms with Crippen molar-refractivity contribution in [3.8, 4) is 0 Å². The highest BCUT2D eigenvalue weighted by atomic mass is 19.1. The lowest BCUT2D eigenvalue weighted by Crippen LogP contribution is -2.38. The van der Waals surface area contributed by atoms with Crippen LogP contribution in [-0.2, 0) is 6.54 Å². The highest BCUT2D eigenvalue weighted by Crippen LogP contribution is 2.20. The standard InChI is InChI=1S/C15H24FN3O2/c1-4-5-18(11-15(2,3)10-17)9-12-6-13(16)8-14(7-12)19(20)21/h6-8H,4-5,9-11,17H2,1-3H3. The maximum absolute atomic E-state index is 13.5. The van der Waals surface area contributed by atoms with Crippen molar-refractivity contribution in [2.75, 3.05) is 19.6 Å². The van der Waals surface area contributed by atoms with E-state index in [0.717, 1.165) is 25.6 Å². The number of non-ortho nitro benzene ring substituents is 1. The zero-order chi connectivity index (χ0) is 16.0. The summed E-state index contributed by atoms with van der Waals surface area (Å²) < 4.78 is 13.5. The monoisotopic (exact) mass is 297 g/mol. The van der Waals surface area contributed by atoms with Gasteiger partial charge < -0.3 is 5.73 Å². The van der Waals surface area contributed by atoms with Gasteiger partial charge in [-0.25, -0.2) is 4.39 Å². The van der Waals surface area contributed by atoms with E-state index in [1.165, 1.54) is 12.1 Å². The second-order valence-corrected chi connectivity index (χ2v) is 6.15. The largest absolute Gasteiger partial charge is 0.330 e. The number of rotatable bonds is 8. The van der Waals surface area contributed by atoms with E-state index in [1.54, 1.807) is 0 Å². The van der Waals surface area contributed by atoms with Crippen LogP contribution in [-0.4, -0.2) is 29.5 Å². The predicted octanol–water partition coefficient (Wildman–Crippen LogP) is 2.93. The summed E-state index contributed by atoms with van der Waals surface area (Å²) in [5, 5.41) is 10.8. The van der Waals surface area contributed by atoms with Crippen molar-refractivity contribution in [2.45, 2.75) is 33.7 Å². The van der Waals surface area contributed by atoms with Gasteiger partial charge in [0.05, 0.1) is 11.0 Å². The van der Waals surface area contributed by atoms with Crippen molar-refractivity contribution < 1.29 is 9.31 Å². The summed E-state index contributed by atoms with van der Waals surface area (Å²) in [6.45, 7) is 8.85. The second-order valence-electron chi connectivity index (χ2n) is 6.15. The van der Waals surface area contributed by atoms with Gasteiger partial charge in [0.15, 0.2) is 0 Å². The predicted molar refractivity (Wildman–Crippen MR) is 81.5 cm³/mol. The molecule has 0 atom stereocenters. The molecule has 0 aliphatic rings. The molecule has 1 rings (SSSR count). The molecule has 5 nitrogen and oxygen atoms in total. The van der Waals surface area contributed by atoms with E-state index in [4.69, 9.17) is 5.73 Å². The van der Waals surface area contributed by atoms with E-state index < -0.39 is 10.7 Å². The van der Waals surface area contributed by atoms with Crippen LogP contribution in [0.3, 0.4) is 0 Å². The summed E-state index contributed by atoms with van der Waals surface area (Å²) in [7, 11) is 0. The number of nitrogens with zero attached hydrogens (tertiary/aromatic N) is 2. The molecule has 0 saturated heterocycles. The van der Waals surface area contributed by atoms with E-state index in [0.29, 0.717) is 18.7 Å². The Morgan fingerprint density at radius 1 is 1.38 bits per heavy atom. The highest BCUT2D eigenvalue weighted by molar-refractivity contribution is 5.35. The Balaban J connectivity index is 2.90. The van der Waals surface area contributed by atoms with Crippen LogP contribution < -0.4 is 5.73 Å². The van der Waals surface area contributed by atoms with E-state index >= 15 is 0 Å². The molecule has 0 saturated carbocycles. The molecule has 1 aromatic rings. The molecule has 0 fully saturated rings. The summed E-state index contributed by atoms with van der Waals surface area (Å²) >= 11 is 0. The Bertz CT molecular complexity index is 492. The number of halogens is 1. The van der Waals surface area contributed by atoms with Gasteiger partial charge in [-0.15, -0.1) is 0 Å². The molecule has 2 N–H and O–H groups in total. The molecule has 0 amide bonds. The van der Waals surface area contributed by atoms with Gasteiger partial charge in [0.25, 0.3) is 5.69 Å². The Kier molecular flexibility index (Phi) is 6.23. The molecule has 0 radical (unpaired) electrons. The van der Waals surface area contributed by atoms with Crippen molar-refractivity contribution in [3.05, 3.63) is 39.7 Å². The summed E-state index contributed by atoms with van der Waals surface area (Å²) in [5.74, 6) is -0.575. The number of hydrogen-bond acceptors (Lipinski definition) is 4. The molecule has 0 spiro atoms. The van der Waals surface area contributed by atoms with Crippen molar-refractivity contribution >= 4 is 5.69 Å². The lowest BCUT2D eigenvalue weighted by molar-refractivity contribution is -0.385. The first-order valence-corrected chi connectivity index (χ1v) is 7.13. The molecule has 0 aliphatic carbocycles. The molecule has 0 aliphatic heterocycles. The van der Waals surface area contributed by atoms with Crippen LogP contribution in [0.4, 0.5) is 10.1 Å². The minimum atomic E-state index is -0.575. The number of hydrogen-bond donors (Lipinski definition) is 1. The second kappa shape index (κ2) is 7.47. The molecular weight excluding hydrogens is 273 g/mol. The van der Waals surface area contributed by atoms with Gasteiger partial charge in [-0.3, -0.25) is 15.0 Å². The Hall–Kier alpha value is -1.53. The molecular formula is C15H24FN3O2. The lowest BCUT2D eigenvalue weighted by atomic mass is 9.93. The van der Waals surface area contributed by atoms with Crippen LogP contribution in [0.2, 0.25) is 0 Å². The topological polar surface area (TPSA) is 72.4 Å². The number of nitrogens with two attached hydrogens (primary N) is 1. The van der Waals surface area contributed by atoms with Crippen LogP contribution in [0, 0.1) is 21.3 Å². The van der Waals surface area contributed by atoms with Crippen molar-refractivity contribution in [1.82, 2.24) is 4.90 Å². The fourth-order valence-electron chi connectivity index (χ4n) is 2.29. The Morgan fingerprint density at radius 2 is 2.05 bits per heavy atom. The average molecular weight is 297 g/mol. The quantitative estimate of drug-likeness (QED) is 0.591. The number of benzene rings is 1. The summed E-state index contributed by atoms with van der Waals surface area (Å²) in [6, 6.07) is 3.73. The van der Waals surface area contributed by atoms with Crippen LogP contribution >= 0.6 is 0 Å². The first kappa shape index (κ1) is 17.5. The summed E-state index contributed by atoms with van der Waals surface area (Å²) in [6.07, 6.45) is 0.956. The van der Waals surface area contributed by atoms with E-state index in [2.05, 4.69) is 25.7 Å². The van der Waals surface area contributed by atoms with Crippen LogP contribution in [0.25, 0.3) is 0 Å². The van der Waals surface area contributed by atoms with Gasteiger partial charge >= 0.3 is 0 Å². The molecule has 0 heterocycles. The van der Waals surface area contributed by atoms with Gasteiger partial charge in [0.2, 0.25) is 0 Å². The maximum Gasteiger partial charge on any atom is 0.272 e. The Labute approximate surface area is 125 Å². The molecule has 118 valence electrons. The van der Waals surface area contributed by atoms with Crippen LogP contribution in [0.15, 0.2) is 18.2 Å². The lowest BCUT2D eigenvalue weighted by Gasteiger charge is -2.31. The summed E-state index contributed by atoms with van der Waals surface area (Å²) in [5.41, 5.74) is 6.11. The van der Waals surface area contributed by atoms with E-state index in [9.17, 15) is 14.5 Å². The third-order valence-corrected chi connectivity index (χ3v) is 3.30. The first-order valence-electron chi connectivity index (χ1n) is 7.13. The molecule has 0 bridgehead atoms. The fraction of sp³-hybridized carbons (Fsp3) is 0.600. The summed E-state index contributed by atoms with van der Waals surface area (Å²) in [4.78, 5) is 12.4. The smallest absolute Gasteiger partial charge is 0.272 e. The van der Waals surface area contributed by atoms with Crippen LogP contribution in [0.1, 0.15) is 32.8 Å². The van der Waals surface area contributed by atoms with Crippen LogP contribution in [0.5, 0.6) is 0 Å². The fourth-order valence-corrected chi connectivity index (χ4v) is 2.29. The molecule has 1 aromatic carbocycles. The molecule has 0 unspecified atom stereocenters. The third kappa shape index (κ3) is 5.77. The van der Waals surface area contributed by atoms with E-state index in [1.807, 2.05) is 0 Å². The first-order chi connectivity index (χ1) is 9.77. The third-order valence-electron chi connectivity index (χ3n) is 3.30. The Morgan fingerprint density at radius 3 is 2.57 bits per heavy atom. The van der Waals surface area contributed by atoms with Crippen molar-refractivity contribution in [1.29, 1.82) is 0 Å². The minimum absolute atomic E-state index is 0.0472. The SMILES string of the molecule is CCCN(Cc1cc(F)cc([N+](=O)[O-])c1)CC(C)(C)CN. The van der Waals surface area contributed by atoms with Gasteiger partial charge in [-0.2, -0.15) is 0 Å². The van der Waals surface area contributed by atoms with Gasteiger partial charge in [0.1, 0.15) is 5.82 Å². The van der Waals surface area contributed by atoms with Gasteiger partial charge in [0, 0.05) is 19.2 Å². The highest BCUT2D eigenvalue weighted by Gasteiger charge is 2.20. The molecule has 0 aromatic heterocycles. The zero-order valence-corrected chi connectivity index (χ0v) is 12.9. The molecule has 21 heavy (non-hydrogen) atoms. The number of nitro groups is 1. The van der Waals surface area contributed by atoms with E-state index in [-0.39, 0.29) is 11.1 Å². The molecule has 6 heteroatoms. The van der Waals surface area contributed by atoms with Crippen molar-refractivity contribution in [2.24, 2.45) is 11.1 Å².